The molecule has 1 saturated heterocycles. The molecule has 2 aliphatic rings. The van der Waals surface area contributed by atoms with Crippen molar-refractivity contribution in [2.45, 2.75) is 50.2 Å². The molecule has 0 bridgehead atoms. The van der Waals surface area contributed by atoms with Crippen molar-refractivity contribution in [1.82, 2.24) is 19.5 Å². The van der Waals surface area contributed by atoms with Gasteiger partial charge in [-0.2, -0.15) is 0 Å². The van der Waals surface area contributed by atoms with Crippen molar-refractivity contribution in [2.24, 2.45) is 5.92 Å². The molecule has 1 aliphatic carbocycles. The van der Waals surface area contributed by atoms with E-state index in [1.54, 1.807) is 10.6 Å². The van der Waals surface area contributed by atoms with Crippen molar-refractivity contribution in [3.8, 4) is 0 Å². The van der Waals surface area contributed by atoms with Gasteiger partial charge in [0, 0.05) is 5.92 Å². The third kappa shape index (κ3) is 2.30. The fraction of sp³-hybridized carbons (Fsp3) is 0.526. The van der Waals surface area contributed by atoms with Crippen molar-refractivity contribution in [2.75, 3.05) is 12.3 Å². The summed E-state index contributed by atoms with van der Waals surface area (Å²) in [7, 11) is 0. The molecule has 0 radical (unpaired) electrons. The second kappa shape index (κ2) is 6.63. The number of aromatic nitrogens is 4. The standard InChI is InChI=1S/C19H25N5O4/c1-11(2)19(24-10-23-14-16(20)21-9-22-17(14)24)18(27,12-6-4-3-5-7-12)15(26)13(8-25)28-19/h3-4,6,9-11,13,15,25-27H,5,7-8H2,1-2H3,(H2,20,21,22)/t13-,15-,18-,19-/m1/s1. The first kappa shape index (κ1) is 19.0. The van der Waals surface area contributed by atoms with Crippen LogP contribution in [0.5, 0.6) is 0 Å². The lowest BCUT2D eigenvalue weighted by atomic mass is 9.72. The van der Waals surface area contributed by atoms with Crippen LogP contribution in [0.25, 0.3) is 11.2 Å². The van der Waals surface area contributed by atoms with Crippen LogP contribution >= 0.6 is 0 Å². The molecular formula is C19H25N5O4. The van der Waals surface area contributed by atoms with Gasteiger partial charge in [0.05, 0.1) is 12.9 Å². The van der Waals surface area contributed by atoms with E-state index in [1.807, 2.05) is 26.0 Å². The van der Waals surface area contributed by atoms with Gasteiger partial charge < -0.3 is 25.8 Å². The molecule has 150 valence electrons. The van der Waals surface area contributed by atoms with E-state index in [1.165, 1.54) is 12.7 Å². The van der Waals surface area contributed by atoms with Crippen LogP contribution < -0.4 is 5.73 Å². The number of nitrogens with zero attached hydrogens (tertiary/aromatic N) is 4. The highest BCUT2D eigenvalue weighted by Crippen LogP contribution is 2.53. The Kier molecular flexibility index (Phi) is 4.50. The van der Waals surface area contributed by atoms with Crippen LogP contribution in [0.3, 0.4) is 0 Å². The lowest BCUT2D eigenvalue weighted by Gasteiger charge is -2.47. The molecule has 4 atom stereocenters. The quantitative estimate of drug-likeness (QED) is 0.594. The predicted molar refractivity (Wildman–Crippen MR) is 102 cm³/mol. The van der Waals surface area contributed by atoms with E-state index in [9.17, 15) is 15.3 Å². The van der Waals surface area contributed by atoms with Crippen LogP contribution in [0.4, 0.5) is 5.82 Å². The molecule has 9 heteroatoms. The Hall–Kier alpha value is -2.33. The zero-order valence-electron chi connectivity index (χ0n) is 15.9. The first-order valence-corrected chi connectivity index (χ1v) is 9.37. The largest absolute Gasteiger partial charge is 0.394 e. The second-order valence-electron chi connectivity index (χ2n) is 7.61. The van der Waals surface area contributed by atoms with E-state index in [0.29, 0.717) is 23.2 Å². The third-order valence-corrected chi connectivity index (χ3v) is 5.84. The molecule has 2 aromatic heterocycles. The second-order valence-corrected chi connectivity index (χ2v) is 7.61. The molecule has 0 unspecified atom stereocenters. The number of hydrogen-bond donors (Lipinski definition) is 4. The average molecular weight is 387 g/mol. The summed E-state index contributed by atoms with van der Waals surface area (Å²) in [6.45, 7) is 3.32. The van der Waals surface area contributed by atoms with Gasteiger partial charge in [0.25, 0.3) is 0 Å². The molecular weight excluding hydrogens is 362 g/mol. The van der Waals surface area contributed by atoms with Crippen LogP contribution in [0.1, 0.15) is 26.7 Å². The summed E-state index contributed by atoms with van der Waals surface area (Å²) in [5.41, 5.74) is 4.09. The average Bonchev–Trinajstić information content (AvgIpc) is 3.23. The molecule has 1 fully saturated rings. The Morgan fingerprint density at radius 3 is 2.79 bits per heavy atom. The Balaban J connectivity index is 2.03. The normalized spacial score (nSPS) is 33.0. The first-order chi connectivity index (χ1) is 13.4. The summed E-state index contributed by atoms with van der Waals surface area (Å²) in [6, 6.07) is 0. The van der Waals surface area contributed by atoms with Gasteiger partial charge in [-0.1, -0.05) is 32.1 Å². The number of aliphatic hydroxyl groups excluding tert-OH is 2. The highest BCUT2D eigenvalue weighted by Gasteiger charge is 2.69. The van der Waals surface area contributed by atoms with E-state index in [4.69, 9.17) is 10.5 Å². The molecule has 28 heavy (non-hydrogen) atoms. The number of anilines is 1. The van der Waals surface area contributed by atoms with Crippen molar-refractivity contribution in [1.29, 1.82) is 0 Å². The summed E-state index contributed by atoms with van der Waals surface area (Å²) in [6.07, 6.45) is 7.44. The van der Waals surface area contributed by atoms with Crippen molar-refractivity contribution in [3.63, 3.8) is 0 Å². The molecule has 4 rings (SSSR count). The SMILES string of the molecule is CC(C)[C@@]1(n2cnc3c(N)ncnc32)O[C@H](CO)[C@@H](O)[C@]1(O)C1=CC=CCC1. The number of nitrogens with two attached hydrogens (primary N) is 1. The number of nitrogen functional groups attached to an aromatic ring is 1. The Labute approximate surface area is 162 Å². The lowest BCUT2D eigenvalue weighted by Crippen LogP contribution is -2.61. The molecule has 2 aromatic rings. The van der Waals surface area contributed by atoms with Gasteiger partial charge in [-0.25, -0.2) is 15.0 Å². The number of imidazole rings is 1. The maximum Gasteiger partial charge on any atom is 0.185 e. The molecule has 3 heterocycles. The fourth-order valence-electron chi connectivity index (χ4n) is 4.53. The zero-order chi connectivity index (χ0) is 20.1. The van der Waals surface area contributed by atoms with Crippen LogP contribution in [0.2, 0.25) is 0 Å². The summed E-state index contributed by atoms with van der Waals surface area (Å²) < 4.78 is 7.85. The van der Waals surface area contributed by atoms with Crippen molar-refractivity contribution < 1.29 is 20.1 Å². The van der Waals surface area contributed by atoms with E-state index >= 15 is 0 Å². The summed E-state index contributed by atoms with van der Waals surface area (Å²) in [5.74, 6) is -0.104. The van der Waals surface area contributed by atoms with E-state index < -0.39 is 30.1 Å². The third-order valence-electron chi connectivity index (χ3n) is 5.84. The van der Waals surface area contributed by atoms with Gasteiger partial charge in [-0.05, 0) is 18.4 Å². The topological polar surface area (TPSA) is 140 Å². The molecule has 0 spiro atoms. The zero-order valence-corrected chi connectivity index (χ0v) is 15.9. The monoisotopic (exact) mass is 387 g/mol. The maximum atomic E-state index is 12.1. The minimum atomic E-state index is -1.80. The van der Waals surface area contributed by atoms with Crippen LogP contribution in [-0.2, 0) is 10.5 Å². The highest BCUT2D eigenvalue weighted by atomic mass is 16.6. The van der Waals surface area contributed by atoms with Crippen molar-refractivity contribution in [3.05, 3.63) is 36.5 Å². The fourth-order valence-corrected chi connectivity index (χ4v) is 4.53. The van der Waals surface area contributed by atoms with Gasteiger partial charge in [-0.3, -0.25) is 4.57 Å². The summed E-state index contributed by atoms with van der Waals surface area (Å²) >= 11 is 0. The van der Waals surface area contributed by atoms with Gasteiger partial charge in [0.2, 0.25) is 0 Å². The predicted octanol–water partition coefficient (Wildman–Crippen LogP) is 0.477. The molecule has 9 nitrogen and oxygen atoms in total. The molecule has 0 saturated carbocycles. The smallest absolute Gasteiger partial charge is 0.185 e. The number of fused-ring (bicyclic) bond motifs is 1. The van der Waals surface area contributed by atoms with Crippen LogP contribution in [0.15, 0.2) is 36.5 Å². The minimum absolute atomic E-state index is 0.211. The van der Waals surface area contributed by atoms with Gasteiger partial charge >= 0.3 is 0 Å². The Bertz CT molecular complexity index is 955. The Morgan fingerprint density at radius 1 is 1.36 bits per heavy atom. The van der Waals surface area contributed by atoms with Gasteiger partial charge in [0.15, 0.2) is 22.8 Å². The minimum Gasteiger partial charge on any atom is -0.394 e. The number of hydrogen-bond acceptors (Lipinski definition) is 8. The van der Waals surface area contributed by atoms with Gasteiger partial charge in [0.1, 0.15) is 24.1 Å². The highest BCUT2D eigenvalue weighted by molar-refractivity contribution is 5.81. The molecule has 5 N–H and O–H groups in total. The lowest BCUT2D eigenvalue weighted by molar-refractivity contribution is -0.205. The number of ether oxygens (including phenoxy) is 1. The van der Waals surface area contributed by atoms with E-state index in [2.05, 4.69) is 15.0 Å². The summed E-state index contributed by atoms with van der Waals surface area (Å²) in [5, 5.41) is 33.0. The van der Waals surface area contributed by atoms with E-state index in [0.717, 1.165) is 6.42 Å². The number of allylic oxidation sites excluding steroid dienone is 3. The van der Waals surface area contributed by atoms with Crippen LogP contribution in [0, 0.1) is 5.92 Å². The number of rotatable bonds is 4. The first-order valence-electron chi connectivity index (χ1n) is 9.37. The summed E-state index contributed by atoms with van der Waals surface area (Å²) in [4.78, 5) is 12.6. The van der Waals surface area contributed by atoms with E-state index in [-0.39, 0.29) is 11.7 Å². The molecule has 0 amide bonds. The van der Waals surface area contributed by atoms with Crippen molar-refractivity contribution >= 4 is 17.0 Å². The van der Waals surface area contributed by atoms with Gasteiger partial charge in [-0.15, -0.1) is 0 Å². The van der Waals surface area contributed by atoms with Crippen LogP contribution in [-0.4, -0.2) is 59.3 Å². The Morgan fingerprint density at radius 2 is 2.14 bits per heavy atom. The maximum absolute atomic E-state index is 12.1. The molecule has 1 aliphatic heterocycles. The number of aliphatic hydroxyl groups is 3. The molecule has 0 aromatic carbocycles.